The standard InChI is InChI=1S/C21H19N5O3/c1-14-18(15(2)29-25-14)11-20(27)24-16-5-7-17(8-6-16)28-21-12-19(22-13-23-21)26-9-3-4-10-26/h3-10,12-13H,11H2,1-2H3,(H,24,27). The maximum Gasteiger partial charge on any atom is 0.228 e. The Hall–Kier alpha value is -3.94. The quantitative estimate of drug-likeness (QED) is 0.538. The molecule has 4 rings (SSSR count). The molecule has 0 saturated carbocycles. The molecule has 0 fully saturated rings. The number of ether oxygens (including phenoxy) is 1. The van der Waals surface area contributed by atoms with Gasteiger partial charge in [-0.05, 0) is 50.2 Å². The molecule has 0 aliphatic heterocycles. The van der Waals surface area contributed by atoms with Crippen molar-refractivity contribution < 1.29 is 14.1 Å². The SMILES string of the molecule is Cc1noc(C)c1CC(=O)Nc1ccc(Oc2cc(-n3cccc3)ncn2)cc1. The van der Waals surface area contributed by atoms with E-state index in [1.54, 1.807) is 37.3 Å². The molecule has 8 nitrogen and oxygen atoms in total. The van der Waals surface area contributed by atoms with Crippen LogP contribution < -0.4 is 10.1 Å². The van der Waals surface area contributed by atoms with Gasteiger partial charge in [0.05, 0.1) is 12.1 Å². The fraction of sp³-hybridized carbons (Fsp3) is 0.143. The molecular formula is C21H19N5O3. The zero-order valence-electron chi connectivity index (χ0n) is 16.0. The highest BCUT2D eigenvalue weighted by Gasteiger charge is 2.13. The molecule has 0 spiro atoms. The Morgan fingerprint density at radius 2 is 1.90 bits per heavy atom. The molecular weight excluding hydrogens is 370 g/mol. The van der Waals surface area contributed by atoms with Crippen LogP contribution in [-0.4, -0.2) is 25.6 Å². The lowest BCUT2D eigenvalue weighted by atomic mass is 10.1. The van der Waals surface area contributed by atoms with Gasteiger partial charge in [0.2, 0.25) is 11.8 Å². The molecule has 146 valence electrons. The first-order valence-electron chi connectivity index (χ1n) is 9.03. The summed E-state index contributed by atoms with van der Waals surface area (Å²) in [4.78, 5) is 20.6. The van der Waals surface area contributed by atoms with Crippen LogP contribution >= 0.6 is 0 Å². The molecule has 3 heterocycles. The number of hydrogen-bond acceptors (Lipinski definition) is 6. The summed E-state index contributed by atoms with van der Waals surface area (Å²) >= 11 is 0. The van der Waals surface area contributed by atoms with Crippen molar-refractivity contribution in [3.05, 3.63) is 78.2 Å². The lowest BCUT2D eigenvalue weighted by molar-refractivity contribution is -0.115. The van der Waals surface area contributed by atoms with Crippen molar-refractivity contribution in [2.75, 3.05) is 5.32 Å². The summed E-state index contributed by atoms with van der Waals surface area (Å²) in [5.41, 5.74) is 2.21. The second kappa shape index (κ2) is 7.97. The van der Waals surface area contributed by atoms with Gasteiger partial charge in [-0.2, -0.15) is 0 Å². The van der Waals surface area contributed by atoms with Crippen LogP contribution in [0.1, 0.15) is 17.0 Å². The number of benzene rings is 1. The van der Waals surface area contributed by atoms with Gasteiger partial charge in [-0.3, -0.25) is 4.79 Å². The van der Waals surface area contributed by atoms with Gasteiger partial charge >= 0.3 is 0 Å². The van der Waals surface area contributed by atoms with E-state index in [4.69, 9.17) is 9.26 Å². The van der Waals surface area contributed by atoms with E-state index < -0.39 is 0 Å². The Morgan fingerprint density at radius 1 is 1.14 bits per heavy atom. The Morgan fingerprint density at radius 3 is 2.59 bits per heavy atom. The van der Waals surface area contributed by atoms with E-state index in [1.807, 2.05) is 36.0 Å². The number of anilines is 1. The van der Waals surface area contributed by atoms with E-state index in [0.29, 0.717) is 28.9 Å². The smallest absolute Gasteiger partial charge is 0.228 e. The van der Waals surface area contributed by atoms with Gasteiger partial charge in [0.1, 0.15) is 23.7 Å². The van der Waals surface area contributed by atoms with Crippen LogP contribution in [0.2, 0.25) is 0 Å². The van der Waals surface area contributed by atoms with E-state index in [0.717, 1.165) is 11.3 Å². The molecule has 0 atom stereocenters. The third kappa shape index (κ3) is 4.32. The highest BCUT2D eigenvalue weighted by atomic mass is 16.5. The average Bonchev–Trinajstić information content (AvgIpc) is 3.36. The van der Waals surface area contributed by atoms with Gasteiger partial charge in [-0.1, -0.05) is 5.16 Å². The zero-order chi connectivity index (χ0) is 20.2. The number of amides is 1. The number of nitrogens with zero attached hydrogens (tertiary/aromatic N) is 4. The van der Waals surface area contributed by atoms with Crippen molar-refractivity contribution in [1.82, 2.24) is 19.7 Å². The number of carbonyl (C=O) groups excluding carboxylic acids is 1. The van der Waals surface area contributed by atoms with E-state index in [-0.39, 0.29) is 12.3 Å². The van der Waals surface area contributed by atoms with E-state index in [9.17, 15) is 4.79 Å². The Labute approximate surface area is 167 Å². The summed E-state index contributed by atoms with van der Waals surface area (Å²) in [6.07, 6.45) is 5.45. The van der Waals surface area contributed by atoms with E-state index in [2.05, 4.69) is 20.4 Å². The fourth-order valence-corrected chi connectivity index (χ4v) is 2.86. The Kier molecular flexibility index (Phi) is 5.07. The monoisotopic (exact) mass is 389 g/mol. The van der Waals surface area contributed by atoms with Gasteiger partial charge in [-0.25, -0.2) is 9.97 Å². The van der Waals surface area contributed by atoms with Crippen LogP contribution in [0.5, 0.6) is 11.6 Å². The average molecular weight is 389 g/mol. The van der Waals surface area contributed by atoms with Gasteiger partial charge in [0.15, 0.2) is 0 Å². The summed E-state index contributed by atoms with van der Waals surface area (Å²) in [6.45, 7) is 3.61. The molecule has 0 bridgehead atoms. The van der Waals surface area contributed by atoms with Crippen molar-refractivity contribution in [3.63, 3.8) is 0 Å². The highest BCUT2D eigenvalue weighted by Crippen LogP contribution is 2.23. The molecule has 4 aromatic rings. The molecule has 0 radical (unpaired) electrons. The number of rotatable bonds is 6. The second-order valence-corrected chi connectivity index (χ2v) is 6.46. The summed E-state index contributed by atoms with van der Waals surface area (Å²) in [5.74, 6) is 2.26. The second-order valence-electron chi connectivity index (χ2n) is 6.46. The third-order valence-corrected chi connectivity index (χ3v) is 4.38. The number of carbonyl (C=O) groups is 1. The first-order chi connectivity index (χ1) is 14.1. The van der Waals surface area contributed by atoms with Gasteiger partial charge < -0.3 is 19.1 Å². The maximum absolute atomic E-state index is 12.3. The number of aromatic nitrogens is 4. The molecule has 0 unspecified atom stereocenters. The number of nitrogens with one attached hydrogen (secondary N) is 1. The van der Waals surface area contributed by atoms with Crippen molar-refractivity contribution in [3.8, 4) is 17.4 Å². The van der Waals surface area contributed by atoms with Crippen molar-refractivity contribution in [2.45, 2.75) is 20.3 Å². The first kappa shape index (κ1) is 18.4. The summed E-state index contributed by atoms with van der Waals surface area (Å²) < 4.78 is 12.8. The molecule has 3 aromatic heterocycles. The molecule has 0 aliphatic rings. The predicted molar refractivity (Wildman–Crippen MR) is 106 cm³/mol. The first-order valence-corrected chi connectivity index (χ1v) is 9.03. The summed E-state index contributed by atoms with van der Waals surface area (Å²) in [6, 6.07) is 12.7. The normalized spacial score (nSPS) is 10.7. The van der Waals surface area contributed by atoms with Gasteiger partial charge in [0.25, 0.3) is 0 Å². The molecule has 1 aromatic carbocycles. The minimum Gasteiger partial charge on any atom is -0.439 e. The topological polar surface area (TPSA) is 95.1 Å². The molecule has 8 heteroatoms. The maximum atomic E-state index is 12.3. The van der Waals surface area contributed by atoms with Crippen LogP contribution in [0.4, 0.5) is 5.69 Å². The lowest BCUT2D eigenvalue weighted by Gasteiger charge is -2.08. The largest absolute Gasteiger partial charge is 0.439 e. The predicted octanol–water partition coefficient (Wildman–Crippen LogP) is 3.85. The number of hydrogen-bond donors (Lipinski definition) is 1. The van der Waals surface area contributed by atoms with E-state index >= 15 is 0 Å². The lowest BCUT2D eigenvalue weighted by Crippen LogP contribution is -2.15. The highest BCUT2D eigenvalue weighted by molar-refractivity contribution is 5.92. The van der Waals surface area contributed by atoms with Crippen molar-refractivity contribution in [2.24, 2.45) is 0 Å². The molecule has 0 saturated heterocycles. The minimum atomic E-state index is -0.139. The van der Waals surface area contributed by atoms with E-state index in [1.165, 1.54) is 6.33 Å². The van der Waals surface area contributed by atoms with Crippen LogP contribution in [0.3, 0.4) is 0 Å². The third-order valence-electron chi connectivity index (χ3n) is 4.38. The van der Waals surface area contributed by atoms with Gasteiger partial charge in [-0.15, -0.1) is 0 Å². The zero-order valence-corrected chi connectivity index (χ0v) is 16.0. The van der Waals surface area contributed by atoms with Crippen LogP contribution in [0.15, 0.2) is 65.7 Å². The van der Waals surface area contributed by atoms with Crippen LogP contribution in [0, 0.1) is 13.8 Å². The Bertz CT molecular complexity index is 1100. The molecule has 1 N–H and O–H groups in total. The summed E-state index contributed by atoms with van der Waals surface area (Å²) in [7, 11) is 0. The molecule has 29 heavy (non-hydrogen) atoms. The molecule has 1 amide bonds. The minimum absolute atomic E-state index is 0.139. The summed E-state index contributed by atoms with van der Waals surface area (Å²) in [5, 5.41) is 6.73. The van der Waals surface area contributed by atoms with Crippen LogP contribution in [0.25, 0.3) is 5.82 Å². The Balaban J connectivity index is 1.39. The molecule has 0 aliphatic carbocycles. The number of aryl methyl sites for hydroxylation is 2. The van der Waals surface area contributed by atoms with Gasteiger partial charge in [0, 0.05) is 29.7 Å². The van der Waals surface area contributed by atoms with Crippen molar-refractivity contribution >= 4 is 11.6 Å². The fourth-order valence-electron chi connectivity index (χ4n) is 2.86. The van der Waals surface area contributed by atoms with Crippen LogP contribution in [-0.2, 0) is 11.2 Å². The van der Waals surface area contributed by atoms with Crippen molar-refractivity contribution in [1.29, 1.82) is 0 Å².